The van der Waals surface area contributed by atoms with E-state index in [9.17, 15) is 4.79 Å². The number of carbonyl (C=O) groups is 1. The smallest absolute Gasteiger partial charge is 0.248 e. The number of halogens is 1. The van der Waals surface area contributed by atoms with E-state index in [2.05, 4.69) is 31.3 Å². The lowest BCUT2D eigenvalue weighted by molar-refractivity contribution is -0.111. The first-order valence-corrected chi connectivity index (χ1v) is 9.50. The van der Waals surface area contributed by atoms with Crippen molar-refractivity contribution in [3.8, 4) is 11.5 Å². The highest BCUT2D eigenvalue weighted by Crippen LogP contribution is 2.32. The van der Waals surface area contributed by atoms with Crippen LogP contribution in [0.3, 0.4) is 0 Å². The molecule has 0 heterocycles. The third-order valence-corrected chi connectivity index (χ3v) is 4.44. The Kier molecular flexibility index (Phi) is 6.51. The van der Waals surface area contributed by atoms with Crippen molar-refractivity contribution in [3.63, 3.8) is 0 Å². The molecule has 0 aliphatic rings. The van der Waals surface area contributed by atoms with Crippen molar-refractivity contribution in [3.05, 3.63) is 95.0 Å². The molecule has 0 spiro atoms. The van der Waals surface area contributed by atoms with E-state index in [0.717, 1.165) is 5.56 Å². The van der Waals surface area contributed by atoms with Crippen LogP contribution in [-0.4, -0.2) is 5.91 Å². The van der Waals surface area contributed by atoms with Crippen LogP contribution in [0.5, 0.6) is 11.5 Å². The number of carbonyl (C=O) groups excluding carboxylic acids is 1. The van der Waals surface area contributed by atoms with Crippen LogP contribution in [0.15, 0.2) is 78.9 Å². The maximum absolute atomic E-state index is 12.4. The Hall–Kier alpha value is -3.04. The van der Waals surface area contributed by atoms with Gasteiger partial charge in [0.2, 0.25) is 5.91 Å². The molecule has 0 atom stereocenters. The topological polar surface area (TPSA) is 38.3 Å². The zero-order valence-corrected chi connectivity index (χ0v) is 16.6. The number of para-hydroxylation sites is 1. The summed E-state index contributed by atoms with van der Waals surface area (Å²) >= 11 is 6.09. The van der Waals surface area contributed by atoms with Gasteiger partial charge in [0.25, 0.3) is 0 Å². The Morgan fingerprint density at radius 2 is 1.71 bits per heavy atom. The van der Waals surface area contributed by atoms with Gasteiger partial charge in [-0.15, -0.1) is 0 Å². The van der Waals surface area contributed by atoms with Crippen molar-refractivity contribution >= 4 is 29.3 Å². The number of amides is 1. The SMILES string of the molecule is CC(C)c1ccc(/C=C/C(=O)Nc2cc(Cl)ccc2Oc2ccccc2)cc1. The van der Waals surface area contributed by atoms with Crippen molar-refractivity contribution in [2.24, 2.45) is 0 Å². The van der Waals surface area contributed by atoms with Gasteiger partial charge in [-0.3, -0.25) is 4.79 Å². The molecule has 0 radical (unpaired) electrons. The second kappa shape index (κ2) is 9.25. The second-order valence-electron chi connectivity index (χ2n) is 6.70. The molecule has 4 heteroatoms. The molecule has 3 rings (SSSR count). The average molecular weight is 392 g/mol. The summed E-state index contributed by atoms with van der Waals surface area (Å²) in [6.45, 7) is 4.30. The number of rotatable bonds is 6. The van der Waals surface area contributed by atoms with Crippen LogP contribution in [0, 0.1) is 0 Å². The third-order valence-electron chi connectivity index (χ3n) is 4.20. The van der Waals surface area contributed by atoms with E-state index in [0.29, 0.717) is 28.1 Å². The molecule has 0 aliphatic carbocycles. The van der Waals surface area contributed by atoms with Gasteiger partial charge in [0.05, 0.1) is 5.69 Å². The molecule has 0 fully saturated rings. The van der Waals surface area contributed by atoms with Gasteiger partial charge in [0.15, 0.2) is 5.75 Å². The largest absolute Gasteiger partial charge is 0.455 e. The lowest BCUT2D eigenvalue weighted by Gasteiger charge is -2.12. The Bertz CT molecular complexity index is 964. The molecule has 3 aromatic rings. The fourth-order valence-corrected chi connectivity index (χ4v) is 2.81. The zero-order chi connectivity index (χ0) is 19.9. The molecule has 0 saturated heterocycles. The zero-order valence-electron chi connectivity index (χ0n) is 15.9. The fraction of sp³-hybridized carbons (Fsp3) is 0.125. The Morgan fingerprint density at radius 1 is 1.00 bits per heavy atom. The molecule has 3 nitrogen and oxygen atoms in total. The number of benzene rings is 3. The summed E-state index contributed by atoms with van der Waals surface area (Å²) in [4.78, 5) is 12.4. The summed E-state index contributed by atoms with van der Waals surface area (Å²) < 4.78 is 5.87. The first-order chi connectivity index (χ1) is 13.5. The van der Waals surface area contributed by atoms with Crippen LogP contribution in [0.1, 0.15) is 30.9 Å². The van der Waals surface area contributed by atoms with E-state index in [1.807, 2.05) is 42.5 Å². The van der Waals surface area contributed by atoms with Crippen molar-refractivity contribution in [2.45, 2.75) is 19.8 Å². The van der Waals surface area contributed by atoms with Crippen LogP contribution >= 0.6 is 11.6 Å². The predicted octanol–water partition coefficient (Wildman–Crippen LogP) is 6.91. The first kappa shape index (κ1) is 19.7. The van der Waals surface area contributed by atoms with Gasteiger partial charge < -0.3 is 10.1 Å². The van der Waals surface area contributed by atoms with E-state index >= 15 is 0 Å². The molecule has 0 unspecified atom stereocenters. The van der Waals surface area contributed by atoms with Crippen LogP contribution in [0.25, 0.3) is 6.08 Å². The van der Waals surface area contributed by atoms with Gasteiger partial charge >= 0.3 is 0 Å². The molecule has 1 amide bonds. The van der Waals surface area contributed by atoms with Gasteiger partial charge in [-0.25, -0.2) is 0 Å². The lowest BCUT2D eigenvalue weighted by Crippen LogP contribution is -2.08. The van der Waals surface area contributed by atoms with Gasteiger partial charge in [-0.2, -0.15) is 0 Å². The Balaban J connectivity index is 1.71. The average Bonchev–Trinajstić information content (AvgIpc) is 2.69. The van der Waals surface area contributed by atoms with Crippen molar-refractivity contribution in [1.29, 1.82) is 0 Å². The molecule has 1 N–H and O–H groups in total. The molecule has 28 heavy (non-hydrogen) atoms. The number of nitrogens with one attached hydrogen (secondary N) is 1. The van der Waals surface area contributed by atoms with Gasteiger partial charge in [-0.05, 0) is 53.5 Å². The molecule has 0 saturated carbocycles. The first-order valence-electron chi connectivity index (χ1n) is 9.13. The minimum atomic E-state index is -0.256. The summed E-state index contributed by atoms with van der Waals surface area (Å²) in [7, 11) is 0. The molecule has 0 bridgehead atoms. The minimum Gasteiger partial charge on any atom is -0.455 e. The van der Waals surface area contributed by atoms with E-state index in [1.54, 1.807) is 24.3 Å². The van der Waals surface area contributed by atoms with E-state index in [1.165, 1.54) is 11.6 Å². The number of hydrogen-bond donors (Lipinski definition) is 1. The minimum absolute atomic E-state index is 0.256. The highest BCUT2D eigenvalue weighted by Gasteiger charge is 2.08. The summed E-state index contributed by atoms with van der Waals surface area (Å²) in [6.07, 6.45) is 3.28. The molecule has 3 aromatic carbocycles. The van der Waals surface area contributed by atoms with Crippen molar-refractivity contribution < 1.29 is 9.53 Å². The number of anilines is 1. The van der Waals surface area contributed by atoms with Crippen LogP contribution in [0.2, 0.25) is 5.02 Å². The van der Waals surface area contributed by atoms with E-state index < -0.39 is 0 Å². The summed E-state index contributed by atoms with van der Waals surface area (Å²) in [5, 5.41) is 3.35. The molecular weight excluding hydrogens is 370 g/mol. The van der Waals surface area contributed by atoms with Gasteiger partial charge in [-0.1, -0.05) is 67.9 Å². The van der Waals surface area contributed by atoms with E-state index in [4.69, 9.17) is 16.3 Å². The Morgan fingerprint density at radius 3 is 2.39 bits per heavy atom. The predicted molar refractivity (Wildman–Crippen MR) is 116 cm³/mol. The third kappa shape index (κ3) is 5.48. The summed E-state index contributed by atoms with van der Waals surface area (Å²) in [5.74, 6) is 1.43. The fourth-order valence-electron chi connectivity index (χ4n) is 2.64. The monoisotopic (exact) mass is 391 g/mol. The molecule has 0 aliphatic heterocycles. The number of hydrogen-bond acceptors (Lipinski definition) is 2. The summed E-state index contributed by atoms with van der Waals surface area (Å²) in [6, 6.07) is 22.7. The maximum Gasteiger partial charge on any atom is 0.248 e. The second-order valence-corrected chi connectivity index (χ2v) is 7.14. The highest BCUT2D eigenvalue weighted by molar-refractivity contribution is 6.31. The quantitative estimate of drug-likeness (QED) is 0.463. The molecular formula is C24H22ClNO2. The van der Waals surface area contributed by atoms with Gasteiger partial charge in [0.1, 0.15) is 5.75 Å². The summed E-state index contributed by atoms with van der Waals surface area (Å²) in [5.41, 5.74) is 2.75. The number of ether oxygens (including phenoxy) is 1. The van der Waals surface area contributed by atoms with Crippen LogP contribution < -0.4 is 10.1 Å². The van der Waals surface area contributed by atoms with Gasteiger partial charge in [0, 0.05) is 11.1 Å². The maximum atomic E-state index is 12.4. The standard InChI is InChI=1S/C24H22ClNO2/c1-17(2)19-11-8-18(9-12-19)10-15-24(27)26-22-16-20(25)13-14-23(22)28-21-6-4-3-5-7-21/h3-17H,1-2H3,(H,26,27)/b15-10+. The highest BCUT2D eigenvalue weighted by atomic mass is 35.5. The van der Waals surface area contributed by atoms with Crippen LogP contribution in [0.4, 0.5) is 5.69 Å². The van der Waals surface area contributed by atoms with E-state index in [-0.39, 0.29) is 5.91 Å². The lowest BCUT2D eigenvalue weighted by atomic mass is 10.0. The normalized spacial score (nSPS) is 11.0. The van der Waals surface area contributed by atoms with Crippen LogP contribution in [-0.2, 0) is 4.79 Å². The molecule has 142 valence electrons. The Labute approximate surface area is 170 Å². The van der Waals surface area contributed by atoms with Crippen molar-refractivity contribution in [2.75, 3.05) is 5.32 Å². The van der Waals surface area contributed by atoms with Crippen molar-refractivity contribution in [1.82, 2.24) is 0 Å². The molecule has 0 aromatic heterocycles.